The highest BCUT2D eigenvalue weighted by Gasteiger charge is 2.13. The lowest BCUT2D eigenvalue weighted by molar-refractivity contribution is -0.384. The van der Waals surface area contributed by atoms with Gasteiger partial charge in [0.2, 0.25) is 0 Å². The Balaban J connectivity index is 1.93. The highest BCUT2D eigenvalue weighted by Crippen LogP contribution is 2.24. The molecule has 3 aromatic carbocycles. The summed E-state index contributed by atoms with van der Waals surface area (Å²) in [5.41, 5.74) is 3.40. The maximum absolute atomic E-state index is 12.8. The fourth-order valence-corrected chi connectivity index (χ4v) is 2.52. The molecule has 0 aliphatic rings. The minimum absolute atomic E-state index is 0.0254. The van der Waals surface area contributed by atoms with Gasteiger partial charge in [-0.15, -0.1) is 0 Å². The van der Waals surface area contributed by atoms with E-state index in [1.165, 1.54) is 12.1 Å². The molecular weight excluding hydrogens is 328 g/mol. The van der Waals surface area contributed by atoms with E-state index in [0.717, 1.165) is 5.56 Å². The molecule has 0 N–H and O–H groups in total. The first-order valence-corrected chi connectivity index (χ1v) is 8.03. The molecule has 0 unspecified atom stereocenters. The van der Waals surface area contributed by atoms with Gasteiger partial charge in [-0.25, -0.2) is 0 Å². The quantitative estimate of drug-likeness (QED) is 0.286. The first kappa shape index (κ1) is 17.2. The molecule has 0 aromatic heterocycles. The van der Waals surface area contributed by atoms with Crippen LogP contribution in [0.5, 0.6) is 0 Å². The number of rotatable bonds is 5. The zero-order valence-corrected chi connectivity index (χ0v) is 14.1. The molecule has 128 valence electrons. The van der Waals surface area contributed by atoms with Gasteiger partial charge in [-0.1, -0.05) is 42.0 Å². The van der Waals surface area contributed by atoms with Crippen molar-refractivity contribution >= 4 is 23.4 Å². The Kier molecular flexibility index (Phi) is 4.99. The van der Waals surface area contributed by atoms with E-state index in [1.54, 1.807) is 36.5 Å². The van der Waals surface area contributed by atoms with Gasteiger partial charge in [-0.05, 0) is 36.8 Å². The monoisotopic (exact) mass is 344 g/mol. The molecule has 0 amide bonds. The highest BCUT2D eigenvalue weighted by atomic mass is 16.6. The number of hydrogen-bond donors (Lipinski definition) is 0. The van der Waals surface area contributed by atoms with E-state index in [1.807, 2.05) is 37.3 Å². The number of nitrogens with zero attached hydrogens (tertiary/aromatic N) is 2. The Labute approximate surface area is 150 Å². The average molecular weight is 344 g/mol. The van der Waals surface area contributed by atoms with Crippen LogP contribution in [-0.4, -0.2) is 16.9 Å². The van der Waals surface area contributed by atoms with E-state index in [0.29, 0.717) is 22.4 Å². The van der Waals surface area contributed by atoms with Crippen LogP contribution in [0.1, 0.15) is 27.0 Å². The average Bonchev–Trinajstić information content (AvgIpc) is 2.67. The first-order chi connectivity index (χ1) is 12.5. The summed E-state index contributed by atoms with van der Waals surface area (Å²) in [6.07, 6.45) is 1.59. The van der Waals surface area contributed by atoms with E-state index < -0.39 is 4.92 Å². The second kappa shape index (κ2) is 7.53. The van der Waals surface area contributed by atoms with Crippen LogP contribution in [0.25, 0.3) is 0 Å². The molecule has 0 radical (unpaired) electrons. The van der Waals surface area contributed by atoms with Gasteiger partial charge >= 0.3 is 0 Å². The molecule has 0 fully saturated rings. The zero-order chi connectivity index (χ0) is 18.5. The highest BCUT2D eigenvalue weighted by molar-refractivity contribution is 6.12. The van der Waals surface area contributed by atoms with Crippen LogP contribution in [-0.2, 0) is 0 Å². The van der Waals surface area contributed by atoms with Crippen molar-refractivity contribution in [1.29, 1.82) is 0 Å². The van der Waals surface area contributed by atoms with Gasteiger partial charge in [-0.3, -0.25) is 19.9 Å². The molecule has 0 spiro atoms. The number of aliphatic imine (C=N–C) groups is 1. The van der Waals surface area contributed by atoms with Crippen LogP contribution >= 0.6 is 0 Å². The van der Waals surface area contributed by atoms with Crippen molar-refractivity contribution in [3.63, 3.8) is 0 Å². The summed E-state index contributed by atoms with van der Waals surface area (Å²) in [7, 11) is 0. The number of carbonyl (C=O) groups excluding carboxylic acids is 1. The standard InChI is InChI=1S/C21H16N2O3/c1-15-7-12-20(19(13-15)21(24)17-5-3-2-4-6-17)22-14-16-8-10-18(11-9-16)23(25)26/h2-14H,1H3. The van der Waals surface area contributed by atoms with Gasteiger partial charge in [0.05, 0.1) is 10.6 Å². The van der Waals surface area contributed by atoms with Crippen molar-refractivity contribution in [2.45, 2.75) is 6.92 Å². The summed E-state index contributed by atoms with van der Waals surface area (Å²) in [5.74, 6) is -0.0925. The van der Waals surface area contributed by atoms with Gasteiger partial charge < -0.3 is 0 Å². The Morgan fingerprint density at radius 3 is 2.35 bits per heavy atom. The molecule has 0 bridgehead atoms. The Morgan fingerprint density at radius 2 is 1.69 bits per heavy atom. The first-order valence-electron chi connectivity index (χ1n) is 8.03. The Hall–Kier alpha value is -3.60. The van der Waals surface area contributed by atoms with Crippen LogP contribution in [0.3, 0.4) is 0 Å². The van der Waals surface area contributed by atoms with E-state index >= 15 is 0 Å². The molecule has 0 saturated carbocycles. The predicted molar refractivity (Wildman–Crippen MR) is 101 cm³/mol. The number of non-ortho nitro benzene ring substituents is 1. The van der Waals surface area contributed by atoms with E-state index in [2.05, 4.69) is 4.99 Å². The van der Waals surface area contributed by atoms with Crippen molar-refractivity contribution in [2.24, 2.45) is 4.99 Å². The SMILES string of the molecule is Cc1ccc(N=Cc2ccc([N+](=O)[O-])cc2)c(C(=O)c2ccccc2)c1. The number of aryl methyl sites for hydroxylation is 1. The van der Waals surface area contributed by atoms with Crippen molar-refractivity contribution in [3.05, 3.63) is 105 Å². The van der Waals surface area contributed by atoms with Crippen LogP contribution in [0.15, 0.2) is 77.8 Å². The predicted octanol–water partition coefficient (Wildman–Crippen LogP) is 4.88. The third-order valence-corrected chi connectivity index (χ3v) is 3.89. The Morgan fingerprint density at radius 1 is 1.00 bits per heavy atom. The number of nitro benzene ring substituents is 1. The van der Waals surface area contributed by atoms with Gasteiger partial charge in [0.25, 0.3) is 5.69 Å². The maximum atomic E-state index is 12.8. The second-order valence-corrected chi connectivity index (χ2v) is 5.82. The topological polar surface area (TPSA) is 72.6 Å². The lowest BCUT2D eigenvalue weighted by Gasteiger charge is -2.06. The zero-order valence-electron chi connectivity index (χ0n) is 14.1. The summed E-state index contributed by atoms with van der Waals surface area (Å²) in [6.45, 7) is 1.92. The fourth-order valence-electron chi connectivity index (χ4n) is 2.52. The summed E-state index contributed by atoms with van der Waals surface area (Å²) >= 11 is 0. The summed E-state index contributed by atoms with van der Waals surface area (Å²) in [6, 6.07) is 20.6. The molecule has 5 heteroatoms. The van der Waals surface area contributed by atoms with Crippen LogP contribution < -0.4 is 0 Å². The van der Waals surface area contributed by atoms with E-state index in [4.69, 9.17) is 0 Å². The number of ketones is 1. The van der Waals surface area contributed by atoms with Gasteiger partial charge in [0.1, 0.15) is 0 Å². The van der Waals surface area contributed by atoms with Crippen molar-refractivity contribution in [1.82, 2.24) is 0 Å². The number of carbonyl (C=O) groups is 1. The summed E-state index contributed by atoms with van der Waals surface area (Å²) in [4.78, 5) is 27.5. The summed E-state index contributed by atoms with van der Waals surface area (Å²) < 4.78 is 0. The van der Waals surface area contributed by atoms with Gasteiger partial charge in [0.15, 0.2) is 5.78 Å². The third-order valence-electron chi connectivity index (χ3n) is 3.89. The third kappa shape index (κ3) is 3.89. The summed E-state index contributed by atoms with van der Waals surface area (Å²) in [5, 5.41) is 10.7. The number of benzene rings is 3. The molecule has 5 nitrogen and oxygen atoms in total. The number of nitro groups is 1. The lowest BCUT2D eigenvalue weighted by Crippen LogP contribution is -2.02. The second-order valence-electron chi connectivity index (χ2n) is 5.82. The smallest absolute Gasteiger partial charge is 0.269 e. The molecular formula is C21H16N2O3. The van der Waals surface area contributed by atoms with E-state index in [9.17, 15) is 14.9 Å². The van der Waals surface area contributed by atoms with Crippen molar-refractivity contribution in [3.8, 4) is 0 Å². The molecule has 0 heterocycles. The van der Waals surface area contributed by atoms with Crippen LogP contribution in [0, 0.1) is 17.0 Å². The normalized spacial score (nSPS) is 10.8. The van der Waals surface area contributed by atoms with Crippen LogP contribution in [0.2, 0.25) is 0 Å². The molecule has 0 saturated heterocycles. The van der Waals surface area contributed by atoms with Gasteiger partial charge in [-0.2, -0.15) is 0 Å². The maximum Gasteiger partial charge on any atom is 0.269 e. The molecule has 0 atom stereocenters. The molecule has 26 heavy (non-hydrogen) atoms. The fraction of sp³-hybridized carbons (Fsp3) is 0.0476. The number of hydrogen-bond acceptors (Lipinski definition) is 4. The van der Waals surface area contributed by atoms with Crippen molar-refractivity contribution < 1.29 is 9.72 Å². The molecule has 3 rings (SSSR count). The molecule has 0 aliphatic carbocycles. The van der Waals surface area contributed by atoms with Crippen LogP contribution in [0.4, 0.5) is 11.4 Å². The van der Waals surface area contributed by atoms with Gasteiger partial charge in [0, 0.05) is 29.5 Å². The van der Waals surface area contributed by atoms with Crippen molar-refractivity contribution in [2.75, 3.05) is 0 Å². The molecule has 3 aromatic rings. The largest absolute Gasteiger partial charge is 0.289 e. The lowest BCUT2D eigenvalue weighted by atomic mass is 10.00. The minimum atomic E-state index is -0.447. The Bertz CT molecular complexity index is 978. The minimum Gasteiger partial charge on any atom is -0.289 e. The molecule has 0 aliphatic heterocycles. The van der Waals surface area contributed by atoms with E-state index in [-0.39, 0.29) is 11.5 Å².